The highest BCUT2D eigenvalue weighted by molar-refractivity contribution is 5.77. The summed E-state index contributed by atoms with van der Waals surface area (Å²) in [6.07, 6.45) is 0.566. The van der Waals surface area contributed by atoms with Crippen molar-refractivity contribution in [2.24, 2.45) is 5.73 Å². The van der Waals surface area contributed by atoms with Crippen LogP contribution in [0.4, 0.5) is 0 Å². The minimum absolute atomic E-state index is 0.0818. The number of ether oxygens (including phenoxy) is 1. The van der Waals surface area contributed by atoms with Gasteiger partial charge in [-0.3, -0.25) is 14.5 Å². The topological polar surface area (TPSA) is 92.9 Å². The molecule has 1 heterocycles. The molecule has 6 heteroatoms. The Morgan fingerprint density at radius 1 is 1.45 bits per heavy atom. The molecule has 1 aromatic rings. The molecule has 6 nitrogen and oxygen atoms in total. The van der Waals surface area contributed by atoms with E-state index in [-0.39, 0.29) is 19.2 Å². The molecule has 1 atom stereocenters. The van der Waals surface area contributed by atoms with Crippen molar-refractivity contribution in [3.63, 3.8) is 0 Å². The molecular formula is C14H18N2O4. The van der Waals surface area contributed by atoms with Crippen molar-refractivity contribution in [2.75, 3.05) is 19.6 Å². The molecule has 0 radical (unpaired) electrons. The van der Waals surface area contributed by atoms with Crippen LogP contribution in [-0.2, 0) is 16.0 Å². The number of carboxylic acids is 1. The average molecular weight is 278 g/mol. The first-order valence-electron chi connectivity index (χ1n) is 6.42. The van der Waals surface area contributed by atoms with E-state index >= 15 is 0 Å². The van der Waals surface area contributed by atoms with Gasteiger partial charge in [-0.1, -0.05) is 17.7 Å². The molecule has 108 valence electrons. The quantitative estimate of drug-likeness (QED) is 0.774. The Balaban J connectivity index is 1.99. The number of aryl methyl sites for hydroxylation is 1. The summed E-state index contributed by atoms with van der Waals surface area (Å²) in [6.45, 7) is 2.07. The number of benzene rings is 1. The fourth-order valence-electron chi connectivity index (χ4n) is 2.44. The molecule has 0 aliphatic carbocycles. The SMILES string of the molecule is Cc1ccc2c(c1)CC(CN(CC(N)=O)CC(=O)O)O2. The van der Waals surface area contributed by atoms with Gasteiger partial charge in [-0.15, -0.1) is 0 Å². The molecule has 20 heavy (non-hydrogen) atoms. The Hall–Kier alpha value is -2.08. The monoisotopic (exact) mass is 278 g/mol. The van der Waals surface area contributed by atoms with Crippen molar-refractivity contribution < 1.29 is 19.4 Å². The highest BCUT2D eigenvalue weighted by Crippen LogP contribution is 2.29. The molecule has 0 fully saturated rings. The first-order valence-corrected chi connectivity index (χ1v) is 6.42. The normalized spacial score (nSPS) is 16.8. The summed E-state index contributed by atoms with van der Waals surface area (Å²) >= 11 is 0. The number of primary amides is 1. The summed E-state index contributed by atoms with van der Waals surface area (Å²) in [6, 6.07) is 5.95. The van der Waals surface area contributed by atoms with Gasteiger partial charge in [0.05, 0.1) is 13.1 Å². The van der Waals surface area contributed by atoms with Crippen molar-refractivity contribution in [2.45, 2.75) is 19.4 Å². The van der Waals surface area contributed by atoms with Gasteiger partial charge in [0, 0.05) is 13.0 Å². The molecule has 0 bridgehead atoms. The van der Waals surface area contributed by atoms with Gasteiger partial charge in [-0.25, -0.2) is 0 Å². The van der Waals surface area contributed by atoms with Crippen molar-refractivity contribution in [1.82, 2.24) is 4.90 Å². The number of nitrogens with two attached hydrogens (primary N) is 1. The fourth-order valence-corrected chi connectivity index (χ4v) is 2.44. The number of aliphatic carboxylic acids is 1. The zero-order chi connectivity index (χ0) is 14.7. The maximum Gasteiger partial charge on any atom is 0.317 e. The van der Waals surface area contributed by atoms with Crippen LogP contribution in [0.15, 0.2) is 18.2 Å². The number of hydrogen-bond acceptors (Lipinski definition) is 4. The van der Waals surface area contributed by atoms with E-state index in [0.29, 0.717) is 13.0 Å². The smallest absolute Gasteiger partial charge is 0.317 e. The van der Waals surface area contributed by atoms with E-state index in [1.165, 1.54) is 4.90 Å². The summed E-state index contributed by atoms with van der Waals surface area (Å²) in [5.74, 6) is -0.704. The molecule has 0 spiro atoms. The van der Waals surface area contributed by atoms with E-state index in [0.717, 1.165) is 16.9 Å². The lowest BCUT2D eigenvalue weighted by atomic mass is 10.1. The summed E-state index contributed by atoms with van der Waals surface area (Å²) in [5, 5.41) is 8.85. The van der Waals surface area contributed by atoms with Crippen molar-refractivity contribution in [3.8, 4) is 5.75 Å². The molecule has 0 aromatic heterocycles. The number of amides is 1. The van der Waals surface area contributed by atoms with Gasteiger partial charge in [0.25, 0.3) is 0 Å². The van der Waals surface area contributed by atoms with Gasteiger partial charge < -0.3 is 15.6 Å². The van der Waals surface area contributed by atoms with Crippen molar-refractivity contribution >= 4 is 11.9 Å². The third-order valence-electron chi connectivity index (χ3n) is 3.16. The molecule has 1 aliphatic heterocycles. The highest BCUT2D eigenvalue weighted by atomic mass is 16.5. The molecular weight excluding hydrogens is 260 g/mol. The molecule has 1 amide bonds. The zero-order valence-corrected chi connectivity index (χ0v) is 11.3. The molecule has 2 rings (SSSR count). The summed E-state index contributed by atoms with van der Waals surface area (Å²) in [5.41, 5.74) is 7.41. The van der Waals surface area contributed by atoms with E-state index in [1.807, 2.05) is 19.1 Å². The molecule has 0 saturated heterocycles. The lowest BCUT2D eigenvalue weighted by molar-refractivity contribution is -0.138. The van der Waals surface area contributed by atoms with Crippen LogP contribution in [-0.4, -0.2) is 47.6 Å². The Bertz CT molecular complexity index is 514. The Labute approximate surface area is 117 Å². The van der Waals surface area contributed by atoms with Gasteiger partial charge in [-0.2, -0.15) is 0 Å². The second kappa shape index (κ2) is 5.92. The van der Waals surface area contributed by atoms with Crippen LogP contribution in [0.5, 0.6) is 5.75 Å². The summed E-state index contributed by atoms with van der Waals surface area (Å²) < 4.78 is 5.77. The average Bonchev–Trinajstić information content (AvgIpc) is 2.68. The minimum atomic E-state index is -0.988. The molecule has 1 unspecified atom stereocenters. The largest absolute Gasteiger partial charge is 0.488 e. The zero-order valence-electron chi connectivity index (χ0n) is 11.3. The second-order valence-corrected chi connectivity index (χ2v) is 5.08. The van der Waals surface area contributed by atoms with Crippen LogP contribution >= 0.6 is 0 Å². The van der Waals surface area contributed by atoms with E-state index in [1.54, 1.807) is 0 Å². The third-order valence-corrected chi connectivity index (χ3v) is 3.16. The van der Waals surface area contributed by atoms with Crippen LogP contribution in [0.3, 0.4) is 0 Å². The second-order valence-electron chi connectivity index (χ2n) is 5.08. The Morgan fingerprint density at radius 3 is 2.85 bits per heavy atom. The van der Waals surface area contributed by atoms with Gasteiger partial charge in [0.1, 0.15) is 11.9 Å². The van der Waals surface area contributed by atoms with Gasteiger partial charge in [0.2, 0.25) is 5.91 Å². The summed E-state index contributed by atoms with van der Waals surface area (Å²) in [7, 11) is 0. The summed E-state index contributed by atoms with van der Waals surface area (Å²) in [4.78, 5) is 23.3. The van der Waals surface area contributed by atoms with E-state index in [4.69, 9.17) is 15.6 Å². The van der Waals surface area contributed by atoms with E-state index in [9.17, 15) is 9.59 Å². The van der Waals surface area contributed by atoms with Gasteiger partial charge in [-0.05, 0) is 18.6 Å². The number of carbonyl (C=O) groups is 2. The lowest BCUT2D eigenvalue weighted by Gasteiger charge is -2.22. The Morgan fingerprint density at radius 2 is 2.20 bits per heavy atom. The standard InChI is InChI=1S/C14H18N2O4/c1-9-2-3-12-10(4-9)5-11(20-12)6-16(7-13(15)17)8-14(18)19/h2-4,11H,5-8H2,1H3,(H2,15,17)(H,18,19). The number of fused-ring (bicyclic) bond motifs is 1. The predicted octanol–water partition coefficient (Wildman–Crippen LogP) is 0.170. The van der Waals surface area contributed by atoms with Crippen LogP contribution in [0.25, 0.3) is 0 Å². The van der Waals surface area contributed by atoms with Crippen molar-refractivity contribution in [3.05, 3.63) is 29.3 Å². The van der Waals surface area contributed by atoms with E-state index < -0.39 is 11.9 Å². The Kier molecular flexibility index (Phi) is 4.24. The van der Waals surface area contributed by atoms with E-state index in [2.05, 4.69) is 6.07 Å². The van der Waals surface area contributed by atoms with Crippen LogP contribution in [0, 0.1) is 6.92 Å². The number of hydrogen-bond donors (Lipinski definition) is 2. The molecule has 1 aliphatic rings. The predicted molar refractivity (Wildman–Crippen MR) is 72.6 cm³/mol. The fraction of sp³-hybridized carbons (Fsp3) is 0.429. The minimum Gasteiger partial charge on any atom is -0.488 e. The maximum absolute atomic E-state index is 11.0. The number of nitrogens with zero attached hydrogens (tertiary/aromatic N) is 1. The number of carboxylic acid groups (broad SMARTS) is 1. The van der Waals surface area contributed by atoms with Crippen LogP contribution in [0.1, 0.15) is 11.1 Å². The molecule has 3 N–H and O–H groups in total. The van der Waals surface area contributed by atoms with Crippen LogP contribution < -0.4 is 10.5 Å². The first-order chi connectivity index (χ1) is 9.44. The maximum atomic E-state index is 11.0. The van der Waals surface area contributed by atoms with Crippen LogP contribution in [0.2, 0.25) is 0 Å². The molecule has 1 aromatic carbocycles. The van der Waals surface area contributed by atoms with Gasteiger partial charge in [0.15, 0.2) is 0 Å². The van der Waals surface area contributed by atoms with Crippen molar-refractivity contribution in [1.29, 1.82) is 0 Å². The van der Waals surface area contributed by atoms with Gasteiger partial charge >= 0.3 is 5.97 Å². The lowest BCUT2D eigenvalue weighted by Crippen LogP contribution is -2.42. The number of carbonyl (C=O) groups excluding carboxylic acids is 1. The highest BCUT2D eigenvalue weighted by Gasteiger charge is 2.26. The first kappa shape index (κ1) is 14.3. The number of rotatable bonds is 6. The third kappa shape index (κ3) is 3.71. The molecule has 0 saturated carbocycles.